The topological polar surface area (TPSA) is 72.8 Å². The van der Waals surface area contributed by atoms with E-state index in [9.17, 15) is 18.0 Å². The molecule has 0 unspecified atom stereocenters. The van der Waals surface area contributed by atoms with Crippen molar-refractivity contribution in [3.05, 3.63) is 23.8 Å². The summed E-state index contributed by atoms with van der Waals surface area (Å²) in [6, 6.07) is 2.97. The van der Waals surface area contributed by atoms with Crippen LogP contribution >= 0.6 is 0 Å². The number of rotatable bonds is 7. The van der Waals surface area contributed by atoms with E-state index in [1.54, 1.807) is 6.92 Å². The van der Waals surface area contributed by atoms with Crippen LogP contribution in [0.25, 0.3) is 0 Å². The van der Waals surface area contributed by atoms with Crippen LogP contribution in [0.5, 0.6) is 0 Å². The first-order valence-corrected chi connectivity index (χ1v) is 6.81. The minimum Gasteiger partial charge on any atom is -0.395 e. The summed E-state index contributed by atoms with van der Waals surface area (Å²) >= 11 is 0. The van der Waals surface area contributed by atoms with Gasteiger partial charge in [0.25, 0.3) is 0 Å². The van der Waals surface area contributed by atoms with Gasteiger partial charge in [0.2, 0.25) is 5.91 Å². The monoisotopic (exact) mass is 320 g/mol. The summed E-state index contributed by atoms with van der Waals surface area (Å²) in [6.07, 6.45) is -4.40. The highest BCUT2D eigenvalue weighted by Crippen LogP contribution is 2.35. The second-order valence-corrected chi connectivity index (χ2v) is 4.57. The van der Waals surface area contributed by atoms with E-state index in [1.165, 1.54) is 11.0 Å². The van der Waals surface area contributed by atoms with Gasteiger partial charge in [0.15, 0.2) is 0 Å². The molecule has 8 heteroatoms. The molecule has 0 atom stereocenters. The van der Waals surface area contributed by atoms with Crippen LogP contribution in [0.3, 0.4) is 0 Å². The number of hydrogen-bond acceptors (Lipinski definition) is 4. The molecule has 124 valence electrons. The van der Waals surface area contributed by atoms with Gasteiger partial charge in [0.1, 0.15) is 0 Å². The molecule has 0 aromatic heterocycles. The predicted octanol–water partition coefficient (Wildman–Crippen LogP) is 1.84. The van der Waals surface area contributed by atoms with Crippen molar-refractivity contribution < 1.29 is 28.2 Å². The third kappa shape index (κ3) is 4.88. The number of aliphatic hydroxyl groups is 2. The second kappa shape index (κ2) is 8.00. The molecule has 0 fully saturated rings. The van der Waals surface area contributed by atoms with Crippen LogP contribution < -0.4 is 10.2 Å². The Balaban J connectivity index is 3.26. The minimum absolute atomic E-state index is 0.00331. The highest BCUT2D eigenvalue weighted by molar-refractivity contribution is 5.94. The molecule has 0 spiro atoms. The van der Waals surface area contributed by atoms with Gasteiger partial charge < -0.3 is 20.4 Å². The molecule has 0 aliphatic carbocycles. The predicted molar refractivity (Wildman–Crippen MR) is 76.7 cm³/mol. The summed E-state index contributed by atoms with van der Waals surface area (Å²) in [5.74, 6) is -0.423. The third-order valence-electron chi connectivity index (χ3n) is 3.00. The number of carbonyl (C=O) groups excluding carboxylic acids is 1. The molecule has 1 aromatic rings. The highest BCUT2D eigenvalue weighted by atomic mass is 19.4. The molecule has 0 bridgehead atoms. The van der Waals surface area contributed by atoms with E-state index in [0.29, 0.717) is 5.69 Å². The van der Waals surface area contributed by atoms with Crippen molar-refractivity contribution in [2.45, 2.75) is 19.5 Å². The molecule has 5 nitrogen and oxygen atoms in total. The van der Waals surface area contributed by atoms with Crippen LogP contribution in [0.2, 0.25) is 0 Å². The van der Waals surface area contributed by atoms with E-state index in [-0.39, 0.29) is 38.4 Å². The molecule has 1 rings (SSSR count). The molecule has 1 aromatic carbocycles. The Bertz CT molecular complexity index is 501. The third-order valence-corrected chi connectivity index (χ3v) is 3.00. The van der Waals surface area contributed by atoms with E-state index in [4.69, 9.17) is 10.2 Å². The van der Waals surface area contributed by atoms with Gasteiger partial charge in [-0.15, -0.1) is 0 Å². The van der Waals surface area contributed by atoms with Crippen molar-refractivity contribution in [2.24, 2.45) is 0 Å². The van der Waals surface area contributed by atoms with Crippen LogP contribution in [0.4, 0.5) is 24.5 Å². The number of nitrogens with zero attached hydrogens (tertiary/aromatic N) is 1. The summed E-state index contributed by atoms with van der Waals surface area (Å²) in [5.41, 5.74) is -0.558. The average molecular weight is 320 g/mol. The Morgan fingerprint density at radius 2 is 1.82 bits per heavy atom. The maximum Gasteiger partial charge on any atom is 0.416 e. The molecule has 0 saturated carbocycles. The zero-order chi connectivity index (χ0) is 16.8. The van der Waals surface area contributed by atoms with Gasteiger partial charge in [-0.2, -0.15) is 13.2 Å². The van der Waals surface area contributed by atoms with Crippen LogP contribution in [0, 0.1) is 0 Å². The Kier molecular flexibility index (Phi) is 6.63. The van der Waals surface area contributed by atoms with Crippen molar-refractivity contribution in [3.8, 4) is 0 Å². The molecule has 0 aliphatic heterocycles. The average Bonchev–Trinajstić information content (AvgIpc) is 2.46. The quantitative estimate of drug-likeness (QED) is 0.717. The summed E-state index contributed by atoms with van der Waals surface area (Å²) < 4.78 is 38.4. The number of nitrogens with one attached hydrogen (secondary N) is 1. The van der Waals surface area contributed by atoms with Crippen LogP contribution in [-0.2, 0) is 11.0 Å². The maximum absolute atomic E-state index is 12.8. The van der Waals surface area contributed by atoms with Crippen LogP contribution in [0.1, 0.15) is 18.9 Å². The summed E-state index contributed by atoms with van der Waals surface area (Å²) in [6.45, 7) is 1.37. The van der Waals surface area contributed by atoms with Gasteiger partial charge in [-0.05, 0) is 18.2 Å². The number of carbonyl (C=O) groups is 1. The van der Waals surface area contributed by atoms with Crippen molar-refractivity contribution >= 4 is 17.3 Å². The fourth-order valence-electron chi connectivity index (χ4n) is 1.92. The fourth-order valence-corrected chi connectivity index (χ4v) is 1.92. The highest BCUT2D eigenvalue weighted by Gasteiger charge is 2.31. The molecule has 0 radical (unpaired) electrons. The molecular weight excluding hydrogens is 301 g/mol. The number of benzene rings is 1. The Labute approximate surface area is 126 Å². The SMILES string of the molecule is CCC(=O)Nc1cc(C(F)(F)F)ccc1N(CCO)CCO. The number of amides is 1. The lowest BCUT2D eigenvalue weighted by Crippen LogP contribution is -2.31. The largest absolute Gasteiger partial charge is 0.416 e. The molecule has 0 saturated heterocycles. The van der Waals surface area contributed by atoms with Gasteiger partial charge in [0, 0.05) is 19.5 Å². The van der Waals surface area contributed by atoms with E-state index in [0.717, 1.165) is 12.1 Å². The lowest BCUT2D eigenvalue weighted by molar-refractivity contribution is -0.137. The first kappa shape index (κ1) is 18.2. The smallest absolute Gasteiger partial charge is 0.395 e. The molecule has 22 heavy (non-hydrogen) atoms. The number of hydrogen-bond donors (Lipinski definition) is 3. The normalized spacial score (nSPS) is 11.4. The van der Waals surface area contributed by atoms with E-state index in [1.807, 2.05) is 0 Å². The van der Waals surface area contributed by atoms with Gasteiger partial charge >= 0.3 is 6.18 Å². The molecule has 0 aliphatic rings. The van der Waals surface area contributed by atoms with E-state index >= 15 is 0 Å². The van der Waals surface area contributed by atoms with Gasteiger partial charge in [0.05, 0.1) is 30.2 Å². The van der Waals surface area contributed by atoms with Crippen LogP contribution in [0.15, 0.2) is 18.2 Å². The minimum atomic E-state index is -4.52. The Hall–Kier alpha value is -1.80. The zero-order valence-corrected chi connectivity index (χ0v) is 12.2. The van der Waals surface area contributed by atoms with Gasteiger partial charge in [-0.3, -0.25) is 4.79 Å². The van der Waals surface area contributed by atoms with E-state index < -0.39 is 17.6 Å². The van der Waals surface area contributed by atoms with Gasteiger partial charge in [-0.1, -0.05) is 6.92 Å². The van der Waals surface area contributed by atoms with Crippen molar-refractivity contribution in [1.29, 1.82) is 0 Å². The molecule has 1 amide bonds. The van der Waals surface area contributed by atoms with Crippen molar-refractivity contribution in [2.75, 3.05) is 36.5 Å². The molecule has 0 heterocycles. The standard InChI is InChI=1S/C14H19F3N2O3/c1-2-13(22)18-11-9-10(14(15,16)17)3-4-12(11)19(5-7-20)6-8-21/h3-4,9,20-21H,2,5-8H2,1H3,(H,18,22). The number of anilines is 2. The Morgan fingerprint density at radius 1 is 1.23 bits per heavy atom. The zero-order valence-electron chi connectivity index (χ0n) is 12.2. The summed E-state index contributed by atoms with van der Waals surface area (Å²) in [7, 11) is 0. The lowest BCUT2D eigenvalue weighted by atomic mass is 10.1. The first-order chi connectivity index (χ1) is 10.3. The Morgan fingerprint density at radius 3 is 2.27 bits per heavy atom. The van der Waals surface area contributed by atoms with Crippen LogP contribution in [-0.4, -0.2) is 42.4 Å². The summed E-state index contributed by atoms with van der Waals surface area (Å²) in [5, 5.41) is 20.5. The number of halogens is 3. The number of alkyl halides is 3. The van der Waals surface area contributed by atoms with Gasteiger partial charge in [-0.25, -0.2) is 0 Å². The number of aliphatic hydroxyl groups excluding tert-OH is 2. The van der Waals surface area contributed by atoms with Crippen molar-refractivity contribution in [1.82, 2.24) is 0 Å². The van der Waals surface area contributed by atoms with E-state index in [2.05, 4.69) is 5.32 Å². The van der Waals surface area contributed by atoms with Crippen molar-refractivity contribution in [3.63, 3.8) is 0 Å². The fraction of sp³-hybridized carbons (Fsp3) is 0.500. The molecular formula is C14H19F3N2O3. The first-order valence-electron chi connectivity index (χ1n) is 6.81. The second-order valence-electron chi connectivity index (χ2n) is 4.57. The lowest BCUT2D eigenvalue weighted by Gasteiger charge is -2.26. The summed E-state index contributed by atoms with van der Waals surface area (Å²) in [4.78, 5) is 13.0. The maximum atomic E-state index is 12.8. The molecule has 3 N–H and O–H groups in total.